The molecule has 2 atom stereocenters. The van der Waals surface area contributed by atoms with Gasteiger partial charge in [0.2, 0.25) is 21.8 Å². The fourth-order valence-electron chi connectivity index (χ4n) is 3.60. The lowest BCUT2D eigenvalue weighted by Crippen LogP contribution is -2.52. The molecular formula is C26H37N3O6S. The zero-order valence-corrected chi connectivity index (χ0v) is 22.9. The monoisotopic (exact) mass is 519 g/mol. The van der Waals surface area contributed by atoms with Gasteiger partial charge in [-0.1, -0.05) is 31.2 Å². The van der Waals surface area contributed by atoms with Crippen LogP contribution in [-0.4, -0.2) is 64.2 Å². The number of nitrogens with one attached hydrogen (secondary N) is 1. The molecule has 0 spiro atoms. The Morgan fingerprint density at radius 3 is 2.28 bits per heavy atom. The maximum atomic E-state index is 13.7. The molecular weight excluding hydrogens is 482 g/mol. The SMILES string of the molecule is CC[C@H](C)NC(=O)[C@H](C)N(Cc1ccccc1C)C(=O)CN(c1ccc(OC)cc1OC)S(C)(=O)=O. The summed E-state index contributed by atoms with van der Waals surface area (Å²) in [5, 5.41) is 2.91. The number of sulfonamides is 1. The molecule has 0 aromatic heterocycles. The van der Waals surface area contributed by atoms with E-state index in [-0.39, 0.29) is 29.9 Å². The van der Waals surface area contributed by atoms with Crippen LogP contribution < -0.4 is 19.1 Å². The van der Waals surface area contributed by atoms with Crippen LogP contribution in [0, 0.1) is 6.92 Å². The van der Waals surface area contributed by atoms with Crippen molar-refractivity contribution in [3.8, 4) is 11.5 Å². The van der Waals surface area contributed by atoms with E-state index in [9.17, 15) is 18.0 Å². The van der Waals surface area contributed by atoms with E-state index in [4.69, 9.17) is 9.47 Å². The molecule has 0 bridgehead atoms. The highest BCUT2D eigenvalue weighted by molar-refractivity contribution is 7.92. The van der Waals surface area contributed by atoms with Gasteiger partial charge in [-0.3, -0.25) is 13.9 Å². The minimum absolute atomic E-state index is 0.0635. The summed E-state index contributed by atoms with van der Waals surface area (Å²) >= 11 is 0. The Balaban J connectivity index is 2.47. The molecule has 2 amide bonds. The van der Waals surface area contributed by atoms with Crippen molar-refractivity contribution in [3.63, 3.8) is 0 Å². The topological polar surface area (TPSA) is 105 Å². The summed E-state index contributed by atoms with van der Waals surface area (Å²) in [7, 11) is -0.987. The van der Waals surface area contributed by atoms with Gasteiger partial charge in [-0.2, -0.15) is 0 Å². The number of hydrogen-bond donors (Lipinski definition) is 1. The molecule has 0 unspecified atom stereocenters. The van der Waals surface area contributed by atoms with Crippen LogP contribution in [0.25, 0.3) is 0 Å². The molecule has 0 aliphatic heterocycles. The normalized spacial score (nSPS) is 12.9. The van der Waals surface area contributed by atoms with E-state index in [2.05, 4.69) is 5.32 Å². The zero-order valence-electron chi connectivity index (χ0n) is 22.1. The summed E-state index contributed by atoms with van der Waals surface area (Å²) in [4.78, 5) is 28.1. The first kappa shape index (κ1) is 29.0. The second-order valence-electron chi connectivity index (χ2n) is 8.75. The summed E-state index contributed by atoms with van der Waals surface area (Å²) in [6.07, 6.45) is 1.76. The third kappa shape index (κ3) is 7.36. The van der Waals surface area contributed by atoms with Gasteiger partial charge in [-0.05, 0) is 50.5 Å². The van der Waals surface area contributed by atoms with Gasteiger partial charge in [-0.15, -0.1) is 0 Å². The van der Waals surface area contributed by atoms with Gasteiger partial charge < -0.3 is 19.7 Å². The predicted molar refractivity (Wildman–Crippen MR) is 141 cm³/mol. The fraction of sp³-hybridized carbons (Fsp3) is 0.462. The summed E-state index contributed by atoms with van der Waals surface area (Å²) < 4.78 is 37.2. The Kier molecular flexibility index (Phi) is 10.2. The van der Waals surface area contributed by atoms with E-state index in [1.165, 1.54) is 25.2 Å². The van der Waals surface area contributed by atoms with Crippen LogP contribution in [0.1, 0.15) is 38.3 Å². The minimum Gasteiger partial charge on any atom is -0.497 e. The number of rotatable bonds is 12. The zero-order chi connectivity index (χ0) is 27.0. The number of carbonyl (C=O) groups excluding carboxylic acids is 2. The Bertz CT molecular complexity index is 1170. The van der Waals surface area contributed by atoms with Crippen LogP contribution in [0.4, 0.5) is 5.69 Å². The number of ether oxygens (including phenoxy) is 2. The Morgan fingerprint density at radius 2 is 1.72 bits per heavy atom. The van der Waals surface area contributed by atoms with Gasteiger partial charge in [0.25, 0.3) is 0 Å². The lowest BCUT2D eigenvalue weighted by molar-refractivity contribution is -0.139. The van der Waals surface area contributed by atoms with E-state index < -0.39 is 28.5 Å². The van der Waals surface area contributed by atoms with Crippen LogP contribution in [0.5, 0.6) is 11.5 Å². The number of carbonyl (C=O) groups is 2. The van der Waals surface area contributed by atoms with Crippen LogP contribution in [0.15, 0.2) is 42.5 Å². The lowest BCUT2D eigenvalue weighted by atomic mass is 10.1. The van der Waals surface area contributed by atoms with E-state index >= 15 is 0 Å². The summed E-state index contributed by atoms with van der Waals surface area (Å²) in [6, 6.07) is 11.3. The van der Waals surface area contributed by atoms with Crippen molar-refractivity contribution in [2.24, 2.45) is 0 Å². The number of hydrogen-bond acceptors (Lipinski definition) is 6. The van der Waals surface area contributed by atoms with Gasteiger partial charge in [0.1, 0.15) is 24.1 Å². The van der Waals surface area contributed by atoms with Gasteiger partial charge >= 0.3 is 0 Å². The van der Waals surface area contributed by atoms with Crippen molar-refractivity contribution >= 4 is 27.5 Å². The molecule has 0 aliphatic rings. The first-order chi connectivity index (χ1) is 16.9. The molecule has 0 radical (unpaired) electrons. The van der Waals surface area contributed by atoms with Gasteiger partial charge in [0, 0.05) is 18.7 Å². The molecule has 10 heteroatoms. The Hall–Kier alpha value is -3.27. The maximum Gasteiger partial charge on any atom is 0.244 e. The second kappa shape index (κ2) is 12.6. The van der Waals surface area contributed by atoms with E-state index in [0.717, 1.165) is 28.1 Å². The first-order valence-electron chi connectivity index (χ1n) is 11.8. The average molecular weight is 520 g/mol. The number of benzene rings is 2. The summed E-state index contributed by atoms with van der Waals surface area (Å²) in [5.74, 6) is -0.111. The smallest absolute Gasteiger partial charge is 0.244 e. The average Bonchev–Trinajstić information content (AvgIpc) is 2.85. The maximum absolute atomic E-state index is 13.7. The van der Waals surface area contributed by atoms with Crippen molar-refractivity contribution in [2.45, 2.75) is 52.7 Å². The number of anilines is 1. The summed E-state index contributed by atoms with van der Waals surface area (Å²) in [6.45, 7) is 7.06. The van der Waals surface area contributed by atoms with E-state index in [0.29, 0.717) is 5.75 Å². The number of amides is 2. The highest BCUT2D eigenvalue weighted by Gasteiger charge is 2.31. The molecule has 2 aromatic rings. The molecule has 2 rings (SSSR count). The number of aryl methyl sites for hydroxylation is 1. The molecule has 9 nitrogen and oxygen atoms in total. The van der Waals surface area contributed by atoms with Gasteiger partial charge in [-0.25, -0.2) is 8.42 Å². The van der Waals surface area contributed by atoms with Crippen molar-refractivity contribution in [1.82, 2.24) is 10.2 Å². The molecule has 36 heavy (non-hydrogen) atoms. The van der Waals surface area contributed by atoms with Crippen LogP contribution >= 0.6 is 0 Å². The Morgan fingerprint density at radius 1 is 1.06 bits per heavy atom. The fourth-order valence-corrected chi connectivity index (χ4v) is 4.46. The largest absolute Gasteiger partial charge is 0.497 e. The first-order valence-corrected chi connectivity index (χ1v) is 13.6. The number of nitrogens with zero attached hydrogens (tertiary/aromatic N) is 2. The molecule has 0 saturated carbocycles. The van der Waals surface area contributed by atoms with Crippen LogP contribution in [0.2, 0.25) is 0 Å². The van der Waals surface area contributed by atoms with Gasteiger partial charge in [0.15, 0.2) is 0 Å². The second-order valence-corrected chi connectivity index (χ2v) is 10.7. The van der Waals surface area contributed by atoms with Crippen LogP contribution in [0.3, 0.4) is 0 Å². The van der Waals surface area contributed by atoms with E-state index in [1.807, 2.05) is 45.0 Å². The highest BCUT2D eigenvalue weighted by Crippen LogP contribution is 2.33. The van der Waals surface area contributed by atoms with Crippen molar-refractivity contribution in [1.29, 1.82) is 0 Å². The third-order valence-corrected chi connectivity index (χ3v) is 7.23. The summed E-state index contributed by atoms with van der Waals surface area (Å²) in [5.41, 5.74) is 2.02. The highest BCUT2D eigenvalue weighted by atomic mass is 32.2. The number of methoxy groups -OCH3 is 2. The van der Waals surface area contributed by atoms with Crippen molar-refractivity contribution in [3.05, 3.63) is 53.6 Å². The molecule has 0 saturated heterocycles. The quantitative estimate of drug-likeness (QED) is 0.462. The van der Waals surface area contributed by atoms with Crippen LogP contribution in [-0.2, 0) is 26.2 Å². The Labute approximate surface area is 214 Å². The van der Waals surface area contributed by atoms with Crippen molar-refractivity contribution < 1.29 is 27.5 Å². The lowest BCUT2D eigenvalue weighted by Gasteiger charge is -2.32. The molecule has 0 heterocycles. The predicted octanol–water partition coefficient (Wildman–Crippen LogP) is 3.11. The standard InChI is InChI=1S/C26H37N3O6S/c1-8-19(3)27-26(31)20(4)28(16-21-12-10-9-11-18(21)2)25(30)17-29(36(7,32)33)23-14-13-22(34-5)15-24(23)35-6/h9-15,19-20H,8,16-17H2,1-7H3,(H,27,31)/t19-,20-/m0/s1. The molecule has 1 N–H and O–H groups in total. The minimum atomic E-state index is -3.88. The molecule has 2 aromatic carbocycles. The molecule has 0 fully saturated rings. The van der Waals surface area contributed by atoms with E-state index in [1.54, 1.807) is 19.1 Å². The molecule has 198 valence electrons. The molecule has 0 aliphatic carbocycles. The van der Waals surface area contributed by atoms with Crippen molar-refractivity contribution in [2.75, 3.05) is 31.3 Å². The third-order valence-electron chi connectivity index (χ3n) is 6.11. The van der Waals surface area contributed by atoms with Gasteiger partial charge in [0.05, 0.1) is 26.2 Å².